The van der Waals surface area contributed by atoms with Crippen LogP contribution in [-0.4, -0.2) is 18.1 Å². The van der Waals surface area contributed by atoms with Crippen molar-refractivity contribution in [2.24, 2.45) is 0 Å². The molecule has 0 atom stereocenters. The highest BCUT2D eigenvalue weighted by molar-refractivity contribution is 5.82. The van der Waals surface area contributed by atoms with Crippen molar-refractivity contribution in [3.05, 3.63) is 48.0 Å². The summed E-state index contributed by atoms with van der Waals surface area (Å²) in [6.45, 7) is 10.6. The van der Waals surface area contributed by atoms with Gasteiger partial charge in [-0.1, -0.05) is 30.7 Å². The lowest BCUT2D eigenvalue weighted by Gasteiger charge is -2.11. The number of fused-ring (bicyclic) bond motifs is 1. The summed E-state index contributed by atoms with van der Waals surface area (Å²) < 4.78 is 5.77. The number of hydrogen-bond acceptors (Lipinski definition) is 3. The maximum Gasteiger partial charge on any atom is 0.214 e. The fourth-order valence-corrected chi connectivity index (χ4v) is 2.17. The second-order valence-electron chi connectivity index (χ2n) is 5.37. The number of pyridine rings is 1. The molecular weight excluding hydrogens is 260 g/mol. The highest BCUT2D eigenvalue weighted by atomic mass is 16.5. The molecule has 1 N–H and O–H groups in total. The predicted octanol–water partition coefficient (Wildman–Crippen LogP) is 4.08. The number of ether oxygens (including phenoxy) is 1. The molecule has 0 fully saturated rings. The van der Waals surface area contributed by atoms with Crippen LogP contribution in [0.3, 0.4) is 0 Å². The van der Waals surface area contributed by atoms with E-state index in [1.165, 1.54) is 10.9 Å². The third kappa shape index (κ3) is 4.57. The molecule has 1 aromatic carbocycles. The molecule has 1 aromatic heterocycles. The maximum absolute atomic E-state index is 5.77. The molecule has 3 heteroatoms. The van der Waals surface area contributed by atoms with E-state index in [2.05, 4.69) is 35.9 Å². The topological polar surface area (TPSA) is 34.1 Å². The van der Waals surface area contributed by atoms with Gasteiger partial charge >= 0.3 is 0 Å². The summed E-state index contributed by atoms with van der Waals surface area (Å²) in [5.74, 6) is 0.697. The van der Waals surface area contributed by atoms with E-state index in [9.17, 15) is 0 Å². The SMILES string of the molecule is C=C(C)CCOc1cc(CNCCC)c2ccccc2n1. The summed E-state index contributed by atoms with van der Waals surface area (Å²) in [4.78, 5) is 4.58. The first kappa shape index (κ1) is 15.5. The second kappa shape index (κ2) is 7.79. The monoisotopic (exact) mass is 284 g/mol. The lowest BCUT2D eigenvalue weighted by atomic mass is 10.1. The number of nitrogens with one attached hydrogen (secondary N) is 1. The van der Waals surface area contributed by atoms with Crippen molar-refractivity contribution < 1.29 is 4.74 Å². The van der Waals surface area contributed by atoms with Crippen molar-refractivity contribution in [2.45, 2.75) is 33.2 Å². The van der Waals surface area contributed by atoms with E-state index in [0.717, 1.165) is 37.0 Å². The largest absolute Gasteiger partial charge is 0.477 e. The van der Waals surface area contributed by atoms with Crippen LogP contribution in [-0.2, 0) is 6.54 Å². The zero-order valence-electron chi connectivity index (χ0n) is 13.0. The predicted molar refractivity (Wildman–Crippen MR) is 88.7 cm³/mol. The Morgan fingerprint density at radius 3 is 2.90 bits per heavy atom. The zero-order valence-corrected chi connectivity index (χ0v) is 13.0. The number of benzene rings is 1. The van der Waals surface area contributed by atoms with Crippen molar-refractivity contribution >= 4 is 10.9 Å². The first-order valence-corrected chi connectivity index (χ1v) is 7.57. The van der Waals surface area contributed by atoms with Gasteiger partial charge in [0, 0.05) is 24.4 Å². The van der Waals surface area contributed by atoms with Crippen LogP contribution in [0, 0.1) is 0 Å². The van der Waals surface area contributed by atoms with Crippen molar-refractivity contribution in [3.8, 4) is 5.88 Å². The summed E-state index contributed by atoms with van der Waals surface area (Å²) in [6.07, 6.45) is 1.99. The van der Waals surface area contributed by atoms with Gasteiger partial charge in [-0.2, -0.15) is 0 Å². The molecule has 0 saturated carbocycles. The molecule has 0 aliphatic heterocycles. The first-order valence-electron chi connectivity index (χ1n) is 7.57. The Kier molecular flexibility index (Phi) is 5.76. The van der Waals surface area contributed by atoms with Gasteiger partial charge in [0.05, 0.1) is 12.1 Å². The standard InChI is InChI=1S/C18H24N2O/c1-4-10-19-13-15-12-18(21-11-9-14(2)3)20-17-8-6-5-7-16(15)17/h5-8,12,19H,2,4,9-11,13H2,1,3H3. The molecule has 112 valence electrons. The lowest BCUT2D eigenvalue weighted by molar-refractivity contribution is 0.310. The summed E-state index contributed by atoms with van der Waals surface area (Å²) in [5.41, 5.74) is 3.35. The molecule has 2 aromatic rings. The fourth-order valence-electron chi connectivity index (χ4n) is 2.17. The number of rotatable bonds is 8. The molecule has 0 amide bonds. The van der Waals surface area contributed by atoms with E-state index < -0.39 is 0 Å². The van der Waals surface area contributed by atoms with E-state index in [0.29, 0.717) is 12.5 Å². The molecule has 2 rings (SSSR count). The average molecular weight is 284 g/mol. The molecule has 1 heterocycles. The molecule has 0 radical (unpaired) electrons. The molecule has 0 unspecified atom stereocenters. The van der Waals surface area contributed by atoms with Crippen LogP contribution in [0.2, 0.25) is 0 Å². The minimum absolute atomic E-state index is 0.627. The molecule has 0 bridgehead atoms. The van der Waals surface area contributed by atoms with Gasteiger partial charge in [-0.25, -0.2) is 4.98 Å². The zero-order chi connectivity index (χ0) is 15.1. The number of hydrogen-bond donors (Lipinski definition) is 1. The second-order valence-corrected chi connectivity index (χ2v) is 5.37. The smallest absolute Gasteiger partial charge is 0.214 e. The Labute approximate surface area is 127 Å². The van der Waals surface area contributed by atoms with Gasteiger partial charge in [-0.05, 0) is 31.5 Å². The van der Waals surface area contributed by atoms with Crippen molar-refractivity contribution in [1.29, 1.82) is 0 Å². The van der Waals surface area contributed by atoms with E-state index in [-0.39, 0.29) is 0 Å². The molecule has 0 saturated heterocycles. The van der Waals surface area contributed by atoms with Gasteiger partial charge in [-0.3, -0.25) is 0 Å². The highest BCUT2D eigenvalue weighted by Crippen LogP contribution is 2.22. The molecule has 0 aliphatic rings. The quantitative estimate of drug-likeness (QED) is 0.586. The Hall–Kier alpha value is -1.87. The maximum atomic E-state index is 5.77. The molecule has 3 nitrogen and oxygen atoms in total. The molecule has 0 aliphatic carbocycles. The molecule has 21 heavy (non-hydrogen) atoms. The van der Waals surface area contributed by atoms with Crippen LogP contribution in [0.1, 0.15) is 32.3 Å². The first-order chi connectivity index (χ1) is 10.2. The summed E-state index contributed by atoms with van der Waals surface area (Å²) in [6, 6.07) is 10.3. The van der Waals surface area contributed by atoms with E-state index in [4.69, 9.17) is 4.74 Å². The number of nitrogens with zero attached hydrogens (tertiary/aromatic N) is 1. The molecule has 0 spiro atoms. The summed E-state index contributed by atoms with van der Waals surface area (Å²) in [5, 5.41) is 4.64. The van der Waals surface area contributed by atoms with Gasteiger partial charge in [0.25, 0.3) is 0 Å². The summed E-state index contributed by atoms with van der Waals surface area (Å²) >= 11 is 0. The van der Waals surface area contributed by atoms with Gasteiger partial charge in [0.2, 0.25) is 5.88 Å². The highest BCUT2D eigenvalue weighted by Gasteiger charge is 2.06. The average Bonchev–Trinajstić information content (AvgIpc) is 2.47. The Morgan fingerprint density at radius 2 is 2.14 bits per heavy atom. The van der Waals surface area contributed by atoms with E-state index in [1.54, 1.807) is 0 Å². The Morgan fingerprint density at radius 1 is 1.33 bits per heavy atom. The van der Waals surface area contributed by atoms with E-state index in [1.807, 2.05) is 25.1 Å². The third-order valence-corrected chi connectivity index (χ3v) is 3.30. The van der Waals surface area contributed by atoms with Crippen LogP contribution in [0.4, 0.5) is 0 Å². The minimum atomic E-state index is 0.627. The fraction of sp³-hybridized carbons (Fsp3) is 0.389. The normalized spacial score (nSPS) is 10.8. The van der Waals surface area contributed by atoms with Gasteiger partial charge in [0.1, 0.15) is 0 Å². The van der Waals surface area contributed by atoms with Crippen LogP contribution in [0.5, 0.6) is 5.88 Å². The van der Waals surface area contributed by atoms with Crippen LogP contribution in [0.15, 0.2) is 42.5 Å². The van der Waals surface area contributed by atoms with E-state index >= 15 is 0 Å². The summed E-state index contributed by atoms with van der Waals surface area (Å²) in [7, 11) is 0. The van der Waals surface area contributed by atoms with Gasteiger partial charge < -0.3 is 10.1 Å². The Bertz CT molecular complexity index is 607. The minimum Gasteiger partial charge on any atom is -0.477 e. The lowest BCUT2D eigenvalue weighted by Crippen LogP contribution is -2.14. The van der Waals surface area contributed by atoms with Crippen LogP contribution < -0.4 is 10.1 Å². The van der Waals surface area contributed by atoms with Crippen molar-refractivity contribution in [3.63, 3.8) is 0 Å². The number of aromatic nitrogens is 1. The molecular formula is C18H24N2O. The van der Waals surface area contributed by atoms with Crippen LogP contribution in [0.25, 0.3) is 10.9 Å². The van der Waals surface area contributed by atoms with Gasteiger partial charge in [0.15, 0.2) is 0 Å². The van der Waals surface area contributed by atoms with Crippen molar-refractivity contribution in [1.82, 2.24) is 10.3 Å². The van der Waals surface area contributed by atoms with Crippen LogP contribution >= 0.6 is 0 Å². The third-order valence-electron chi connectivity index (χ3n) is 3.30. The number of para-hydroxylation sites is 1. The van der Waals surface area contributed by atoms with Gasteiger partial charge in [-0.15, -0.1) is 6.58 Å². The van der Waals surface area contributed by atoms with Crippen molar-refractivity contribution in [2.75, 3.05) is 13.2 Å². The Balaban J connectivity index is 2.19.